The molecule has 1 aromatic heterocycles. The molecule has 3 aromatic rings. The van der Waals surface area contributed by atoms with E-state index in [9.17, 15) is 9.50 Å². The maximum atomic E-state index is 13.1. The Morgan fingerprint density at radius 1 is 1.10 bits per heavy atom. The Kier molecular flexibility index (Phi) is 3.99. The highest BCUT2D eigenvalue weighted by atomic mass is 79.9. The topological polar surface area (TPSA) is 33.1 Å². The molecule has 2 nitrogen and oxygen atoms in total. The van der Waals surface area contributed by atoms with Gasteiger partial charge >= 0.3 is 0 Å². The van der Waals surface area contributed by atoms with Crippen molar-refractivity contribution in [3.63, 3.8) is 0 Å². The Hall–Kier alpha value is -1.78. The first kappa shape index (κ1) is 14.2. The molecule has 0 saturated carbocycles. The van der Waals surface area contributed by atoms with Crippen molar-refractivity contribution in [2.75, 3.05) is 0 Å². The van der Waals surface area contributed by atoms with Gasteiger partial charge in [0.15, 0.2) is 0 Å². The van der Waals surface area contributed by atoms with Gasteiger partial charge in [-0.2, -0.15) is 0 Å². The molecular formula is C17H13BrFNO. The third-order valence-electron chi connectivity index (χ3n) is 3.39. The number of aliphatic hydroxyl groups is 1. The Balaban J connectivity index is 1.87. The van der Waals surface area contributed by atoms with E-state index in [4.69, 9.17) is 0 Å². The summed E-state index contributed by atoms with van der Waals surface area (Å²) in [6.45, 7) is 0. The summed E-state index contributed by atoms with van der Waals surface area (Å²) in [5.41, 5.74) is 2.32. The van der Waals surface area contributed by atoms with Crippen molar-refractivity contribution in [2.24, 2.45) is 0 Å². The molecule has 0 spiro atoms. The van der Waals surface area contributed by atoms with Crippen LogP contribution in [0.5, 0.6) is 0 Å². The monoisotopic (exact) mass is 345 g/mol. The first-order valence-electron chi connectivity index (χ1n) is 6.61. The van der Waals surface area contributed by atoms with Crippen LogP contribution in [-0.2, 0) is 6.42 Å². The predicted octanol–water partition coefficient (Wildman–Crippen LogP) is 4.41. The fraction of sp³-hybridized carbons (Fsp3) is 0.118. The quantitative estimate of drug-likeness (QED) is 0.762. The third-order valence-corrected chi connectivity index (χ3v) is 4.13. The second-order valence-electron chi connectivity index (χ2n) is 4.88. The summed E-state index contributed by atoms with van der Waals surface area (Å²) >= 11 is 3.32. The zero-order valence-electron chi connectivity index (χ0n) is 11.1. The van der Waals surface area contributed by atoms with Crippen molar-refractivity contribution in [1.82, 2.24) is 4.98 Å². The van der Waals surface area contributed by atoms with Gasteiger partial charge in [0.2, 0.25) is 0 Å². The number of nitrogens with zero attached hydrogens (tertiary/aromatic N) is 1. The van der Waals surface area contributed by atoms with Crippen LogP contribution in [0.3, 0.4) is 0 Å². The van der Waals surface area contributed by atoms with Gasteiger partial charge in [-0.3, -0.25) is 4.98 Å². The number of para-hydroxylation sites is 1. The van der Waals surface area contributed by atoms with Gasteiger partial charge in [0, 0.05) is 16.3 Å². The second-order valence-corrected chi connectivity index (χ2v) is 5.74. The van der Waals surface area contributed by atoms with Crippen molar-refractivity contribution in [3.8, 4) is 0 Å². The lowest BCUT2D eigenvalue weighted by Gasteiger charge is -2.12. The fourth-order valence-corrected chi connectivity index (χ4v) is 2.78. The highest BCUT2D eigenvalue weighted by Gasteiger charge is 2.13. The summed E-state index contributed by atoms with van der Waals surface area (Å²) in [6.07, 6.45) is -0.344. The van der Waals surface area contributed by atoms with E-state index in [0.29, 0.717) is 16.6 Å². The summed E-state index contributed by atoms with van der Waals surface area (Å²) in [4.78, 5) is 4.48. The van der Waals surface area contributed by atoms with Gasteiger partial charge in [-0.15, -0.1) is 0 Å². The van der Waals surface area contributed by atoms with Crippen molar-refractivity contribution in [3.05, 3.63) is 76.1 Å². The zero-order chi connectivity index (χ0) is 14.8. The van der Waals surface area contributed by atoms with E-state index in [1.165, 1.54) is 12.1 Å². The molecule has 1 N–H and O–H groups in total. The Morgan fingerprint density at radius 3 is 2.71 bits per heavy atom. The van der Waals surface area contributed by atoms with Gasteiger partial charge in [-0.05, 0) is 29.8 Å². The molecule has 0 aliphatic carbocycles. The molecule has 2 aromatic carbocycles. The lowest BCUT2D eigenvalue weighted by Crippen LogP contribution is -2.05. The van der Waals surface area contributed by atoms with Gasteiger partial charge < -0.3 is 5.11 Å². The van der Waals surface area contributed by atoms with E-state index in [1.807, 2.05) is 36.4 Å². The molecule has 1 unspecified atom stereocenters. The molecule has 106 valence electrons. The summed E-state index contributed by atoms with van der Waals surface area (Å²) in [5, 5.41) is 11.4. The molecule has 4 heteroatoms. The van der Waals surface area contributed by atoms with Crippen LogP contribution in [0.2, 0.25) is 0 Å². The predicted molar refractivity (Wildman–Crippen MR) is 84.5 cm³/mol. The number of benzene rings is 2. The summed E-state index contributed by atoms with van der Waals surface area (Å²) in [7, 11) is 0. The van der Waals surface area contributed by atoms with E-state index >= 15 is 0 Å². The van der Waals surface area contributed by atoms with E-state index < -0.39 is 6.10 Å². The van der Waals surface area contributed by atoms with Gasteiger partial charge in [0.25, 0.3) is 0 Å². The van der Waals surface area contributed by atoms with Crippen LogP contribution in [0.25, 0.3) is 10.9 Å². The van der Waals surface area contributed by atoms with E-state index in [2.05, 4.69) is 20.9 Å². The summed E-state index contributed by atoms with van der Waals surface area (Å²) < 4.78 is 13.7. The molecule has 21 heavy (non-hydrogen) atoms. The highest BCUT2D eigenvalue weighted by molar-refractivity contribution is 9.10. The molecule has 1 heterocycles. The first-order valence-corrected chi connectivity index (χ1v) is 7.40. The average molecular weight is 346 g/mol. The smallest absolute Gasteiger partial charge is 0.124 e. The standard InChI is InChI=1S/C17H13BrFNO/c18-14-10-13(19)7-5-12(14)9-17(21)16-8-6-11-3-1-2-4-15(11)20-16/h1-8,10,17,21H,9H2. The van der Waals surface area contributed by atoms with Crippen LogP contribution < -0.4 is 0 Å². The van der Waals surface area contributed by atoms with Crippen LogP contribution in [0, 0.1) is 5.82 Å². The van der Waals surface area contributed by atoms with Crippen LogP contribution in [0.4, 0.5) is 4.39 Å². The van der Waals surface area contributed by atoms with E-state index in [1.54, 1.807) is 6.07 Å². The van der Waals surface area contributed by atoms with Crippen molar-refractivity contribution in [2.45, 2.75) is 12.5 Å². The van der Waals surface area contributed by atoms with Gasteiger partial charge in [0.05, 0.1) is 11.2 Å². The molecule has 0 amide bonds. The highest BCUT2D eigenvalue weighted by Crippen LogP contribution is 2.25. The Morgan fingerprint density at radius 2 is 1.90 bits per heavy atom. The SMILES string of the molecule is OC(Cc1ccc(F)cc1Br)c1ccc2ccccc2n1. The molecule has 0 aliphatic rings. The largest absolute Gasteiger partial charge is 0.386 e. The van der Waals surface area contributed by atoms with Gasteiger partial charge in [-0.25, -0.2) is 4.39 Å². The molecule has 1 atom stereocenters. The number of aromatic nitrogens is 1. The zero-order valence-corrected chi connectivity index (χ0v) is 12.7. The number of rotatable bonds is 3. The lowest BCUT2D eigenvalue weighted by atomic mass is 10.0. The average Bonchev–Trinajstić information content (AvgIpc) is 2.49. The van der Waals surface area contributed by atoms with E-state index in [0.717, 1.165) is 16.5 Å². The van der Waals surface area contributed by atoms with Crippen molar-refractivity contribution < 1.29 is 9.50 Å². The van der Waals surface area contributed by atoms with E-state index in [-0.39, 0.29) is 5.82 Å². The van der Waals surface area contributed by atoms with Gasteiger partial charge in [-0.1, -0.05) is 46.3 Å². The van der Waals surface area contributed by atoms with Crippen LogP contribution in [0.1, 0.15) is 17.4 Å². The normalized spacial score (nSPS) is 12.5. The third kappa shape index (κ3) is 3.12. The molecule has 0 radical (unpaired) electrons. The molecule has 3 rings (SSSR count). The lowest BCUT2D eigenvalue weighted by molar-refractivity contribution is 0.174. The molecule has 0 bridgehead atoms. The minimum atomic E-state index is -0.726. The minimum absolute atomic E-state index is 0.302. The van der Waals surface area contributed by atoms with Gasteiger partial charge in [0.1, 0.15) is 11.9 Å². The number of hydrogen-bond acceptors (Lipinski definition) is 2. The van der Waals surface area contributed by atoms with Crippen molar-refractivity contribution in [1.29, 1.82) is 0 Å². The number of aliphatic hydroxyl groups excluding tert-OH is 1. The Bertz CT molecular complexity index is 791. The molecule has 0 saturated heterocycles. The summed E-state index contributed by atoms with van der Waals surface area (Å²) in [5.74, 6) is -0.302. The molecular weight excluding hydrogens is 333 g/mol. The van der Waals surface area contributed by atoms with Crippen LogP contribution in [0.15, 0.2) is 59.1 Å². The number of hydrogen-bond donors (Lipinski definition) is 1. The molecule has 0 aliphatic heterocycles. The number of fused-ring (bicyclic) bond motifs is 1. The second kappa shape index (κ2) is 5.92. The Labute approximate surface area is 130 Å². The van der Waals surface area contributed by atoms with Crippen LogP contribution >= 0.6 is 15.9 Å². The fourth-order valence-electron chi connectivity index (χ4n) is 2.27. The first-order chi connectivity index (χ1) is 10.1. The number of halogens is 2. The van der Waals surface area contributed by atoms with Crippen LogP contribution in [-0.4, -0.2) is 10.1 Å². The number of pyridine rings is 1. The minimum Gasteiger partial charge on any atom is -0.386 e. The molecule has 0 fully saturated rings. The van der Waals surface area contributed by atoms with Crippen molar-refractivity contribution >= 4 is 26.8 Å². The summed E-state index contributed by atoms with van der Waals surface area (Å²) in [6, 6.07) is 16.0. The maximum Gasteiger partial charge on any atom is 0.124 e. The maximum absolute atomic E-state index is 13.1.